The number of likely N-dealkylation sites (N-methyl/N-ethyl adjacent to an activating group) is 1. The van der Waals surface area contributed by atoms with Gasteiger partial charge in [-0.1, -0.05) is 24.3 Å². The van der Waals surface area contributed by atoms with Gasteiger partial charge in [-0.25, -0.2) is 0 Å². The third-order valence-corrected chi connectivity index (χ3v) is 3.19. The van der Waals surface area contributed by atoms with Gasteiger partial charge in [0.25, 0.3) is 0 Å². The van der Waals surface area contributed by atoms with Crippen LogP contribution in [-0.4, -0.2) is 35.3 Å². The van der Waals surface area contributed by atoms with Gasteiger partial charge >= 0.3 is 0 Å². The third-order valence-electron chi connectivity index (χ3n) is 3.19. The molecule has 0 aliphatic rings. The van der Waals surface area contributed by atoms with Gasteiger partial charge in [0, 0.05) is 12.1 Å². The van der Waals surface area contributed by atoms with E-state index in [1.54, 1.807) is 4.90 Å². The summed E-state index contributed by atoms with van der Waals surface area (Å²) in [6, 6.07) is 7.83. The van der Waals surface area contributed by atoms with Crippen LogP contribution in [0.4, 0.5) is 0 Å². The second-order valence-electron chi connectivity index (χ2n) is 6.31. The van der Waals surface area contributed by atoms with Crippen LogP contribution in [0, 0.1) is 6.92 Å². The van der Waals surface area contributed by atoms with E-state index in [0.717, 1.165) is 11.1 Å². The molecule has 0 spiro atoms. The van der Waals surface area contributed by atoms with Crippen LogP contribution in [0.3, 0.4) is 0 Å². The van der Waals surface area contributed by atoms with Gasteiger partial charge in [-0.2, -0.15) is 0 Å². The zero-order valence-corrected chi connectivity index (χ0v) is 13.7. The van der Waals surface area contributed by atoms with Crippen molar-refractivity contribution in [3.63, 3.8) is 0 Å². The highest BCUT2D eigenvalue weighted by molar-refractivity contribution is 5.86. The van der Waals surface area contributed by atoms with Crippen LogP contribution >= 0.6 is 0 Å². The molecule has 4 nitrogen and oxygen atoms in total. The van der Waals surface area contributed by atoms with Crippen molar-refractivity contribution in [2.45, 2.75) is 46.6 Å². The summed E-state index contributed by atoms with van der Waals surface area (Å²) in [6.07, 6.45) is 0.337. The highest BCUT2D eigenvalue weighted by Gasteiger charge is 2.19. The minimum atomic E-state index is -0.282. The molecule has 0 aliphatic carbocycles. The molecule has 0 heterocycles. The zero-order chi connectivity index (χ0) is 16.0. The van der Waals surface area contributed by atoms with E-state index in [1.807, 2.05) is 58.9 Å². The van der Waals surface area contributed by atoms with E-state index in [4.69, 9.17) is 0 Å². The van der Waals surface area contributed by atoms with Crippen molar-refractivity contribution in [3.05, 3.63) is 35.4 Å². The Balaban J connectivity index is 2.66. The van der Waals surface area contributed by atoms with Crippen molar-refractivity contribution >= 4 is 11.8 Å². The van der Waals surface area contributed by atoms with Crippen LogP contribution in [0.5, 0.6) is 0 Å². The van der Waals surface area contributed by atoms with Gasteiger partial charge in [-0.3, -0.25) is 9.59 Å². The van der Waals surface area contributed by atoms with E-state index in [0.29, 0.717) is 13.0 Å². The largest absolute Gasteiger partial charge is 0.350 e. The Morgan fingerprint density at radius 3 is 2.33 bits per heavy atom. The fourth-order valence-corrected chi connectivity index (χ4v) is 2.09. The number of benzene rings is 1. The van der Waals surface area contributed by atoms with Gasteiger partial charge in [0.15, 0.2) is 0 Å². The lowest BCUT2D eigenvalue weighted by molar-refractivity contribution is -0.135. The second-order valence-corrected chi connectivity index (χ2v) is 6.31. The van der Waals surface area contributed by atoms with Crippen LogP contribution in [0.2, 0.25) is 0 Å². The molecule has 0 fully saturated rings. The molecule has 0 aliphatic heterocycles. The Kier molecular flexibility index (Phi) is 5.94. The number of hydrogen-bond donors (Lipinski definition) is 1. The van der Waals surface area contributed by atoms with E-state index in [2.05, 4.69) is 5.32 Å². The Hall–Kier alpha value is -1.84. The summed E-state index contributed by atoms with van der Waals surface area (Å²) in [5.41, 5.74) is 1.83. The second kappa shape index (κ2) is 7.25. The molecule has 0 unspecified atom stereocenters. The molecule has 0 bridgehead atoms. The van der Waals surface area contributed by atoms with Gasteiger partial charge in [0.2, 0.25) is 11.8 Å². The average molecular weight is 290 g/mol. The van der Waals surface area contributed by atoms with E-state index < -0.39 is 0 Å². The molecule has 4 heteroatoms. The van der Waals surface area contributed by atoms with Gasteiger partial charge in [-0.05, 0) is 45.7 Å². The normalized spacial score (nSPS) is 11.1. The highest BCUT2D eigenvalue weighted by atomic mass is 16.2. The molecule has 0 radical (unpaired) electrons. The maximum atomic E-state index is 12.3. The maximum absolute atomic E-state index is 12.3. The van der Waals surface area contributed by atoms with E-state index in [9.17, 15) is 9.59 Å². The Morgan fingerprint density at radius 2 is 1.81 bits per heavy atom. The maximum Gasteiger partial charge on any atom is 0.240 e. The van der Waals surface area contributed by atoms with Crippen LogP contribution in [-0.2, 0) is 16.0 Å². The SMILES string of the molecule is CCN(CC(=O)NC(C)(C)C)C(=O)Cc1ccccc1C. The molecule has 0 atom stereocenters. The van der Waals surface area contributed by atoms with Crippen molar-refractivity contribution in [2.75, 3.05) is 13.1 Å². The number of carbonyl (C=O) groups is 2. The Morgan fingerprint density at radius 1 is 1.19 bits per heavy atom. The first-order chi connectivity index (χ1) is 9.73. The number of carbonyl (C=O) groups excluding carboxylic acids is 2. The fraction of sp³-hybridized carbons (Fsp3) is 0.529. The number of rotatable bonds is 5. The summed E-state index contributed by atoms with van der Waals surface area (Å²) in [4.78, 5) is 25.9. The summed E-state index contributed by atoms with van der Waals surface area (Å²) in [5.74, 6) is -0.140. The van der Waals surface area contributed by atoms with Crippen LogP contribution in [0.15, 0.2) is 24.3 Å². The molecule has 1 aromatic carbocycles. The lowest BCUT2D eigenvalue weighted by Gasteiger charge is -2.25. The van der Waals surface area contributed by atoms with Crippen molar-refractivity contribution in [1.29, 1.82) is 0 Å². The molecule has 0 aromatic heterocycles. The number of nitrogens with zero attached hydrogens (tertiary/aromatic N) is 1. The first-order valence-corrected chi connectivity index (χ1v) is 7.36. The van der Waals surface area contributed by atoms with E-state index in [-0.39, 0.29) is 23.9 Å². The average Bonchev–Trinajstić information content (AvgIpc) is 2.36. The molecule has 0 saturated carbocycles. The van der Waals surface area contributed by atoms with E-state index in [1.165, 1.54) is 0 Å². The summed E-state index contributed by atoms with van der Waals surface area (Å²) >= 11 is 0. The molecular weight excluding hydrogens is 264 g/mol. The summed E-state index contributed by atoms with van der Waals surface area (Å²) in [7, 11) is 0. The van der Waals surface area contributed by atoms with Crippen LogP contribution in [0.1, 0.15) is 38.8 Å². The molecule has 21 heavy (non-hydrogen) atoms. The molecular formula is C17H26N2O2. The molecule has 1 rings (SSSR count). The summed E-state index contributed by atoms with van der Waals surface area (Å²) in [6.45, 7) is 10.3. The molecule has 2 amide bonds. The van der Waals surface area contributed by atoms with Gasteiger partial charge < -0.3 is 10.2 Å². The Bertz CT molecular complexity index is 504. The van der Waals surface area contributed by atoms with E-state index >= 15 is 0 Å². The lowest BCUT2D eigenvalue weighted by Crippen LogP contribution is -2.47. The molecule has 1 N–H and O–H groups in total. The first kappa shape index (κ1) is 17.2. The third kappa shape index (κ3) is 5.98. The fourth-order valence-electron chi connectivity index (χ4n) is 2.09. The van der Waals surface area contributed by atoms with Crippen molar-refractivity contribution in [2.24, 2.45) is 0 Å². The van der Waals surface area contributed by atoms with Gasteiger partial charge in [0.1, 0.15) is 0 Å². The predicted octanol–water partition coefficient (Wildman–Crippen LogP) is 2.30. The minimum absolute atomic E-state index is 0.0177. The highest BCUT2D eigenvalue weighted by Crippen LogP contribution is 2.09. The first-order valence-electron chi connectivity index (χ1n) is 7.36. The lowest BCUT2D eigenvalue weighted by atomic mass is 10.1. The number of aryl methyl sites for hydroxylation is 1. The summed E-state index contributed by atoms with van der Waals surface area (Å²) in [5, 5.41) is 2.88. The number of amides is 2. The van der Waals surface area contributed by atoms with Crippen LogP contribution < -0.4 is 5.32 Å². The predicted molar refractivity (Wildman–Crippen MR) is 85.0 cm³/mol. The number of nitrogens with one attached hydrogen (secondary N) is 1. The standard InChI is InChI=1S/C17H26N2O2/c1-6-19(12-15(20)18-17(3,4)5)16(21)11-14-10-8-7-9-13(14)2/h7-10H,6,11-12H2,1-5H3,(H,18,20). The molecule has 116 valence electrons. The molecule has 1 aromatic rings. The van der Waals surface area contributed by atoms with Crippen LogP contribution in [0.25, 0.3) is 0 Å². The monoisotopic (exact) mass is 290 g/mol. The quantitative estimate of drug-likeness (QED) is 0.904. The molecule has 0 saturated heterocycles. The number of hydrogen-bond acceptors (Lipinski definition) is 2. The van der Waals surface area contributed by atoms with Crippen molar-refractivity contribution < 1.29 is 9.59 Å². The van der Waals surface area contributed by atoms with Gasteiger partial charge in [-0.15, -0.1) is 0 Å². The van der Waals surface area contributed by atoms with Gasteiger partial charge in [0.05, 0.1) is 13.0 Å². The minimum Gasteiger partial charge on any atom is -0.350 e. The van der Waals surface area contributed by atoms with Crippen molar-refractivity contribution in [1.82, 2.24) is 10.2 Å². The zero-order valence-electron chi connectivity index (χ0n) is 13.7. The topological polar surface area (TPSA) is 49.4 Å². The summed E-state index contributed by atoms with van der Waals surface area (Å²) < 4.78 is 0. The smallest absolute Gasteiger partial charge is 0.240 e. The Labute approximate surface area is 127 Å². The van der Waals surface area contributed by atoms with Crippen molar-refractivity contribution in [3.8, 4) is 0 Å².